The predicted octanol–water partition coefficient (Wildman–Crippen LogP) is 1.62. The van der Waals surface area contributed by atoms with E-state index in [9.17, 15) is 8.78 Å². The molecule has 3 rings (SSSR count). The highest BCUT2D eigenvalue weighted by molar-refractivity contribution is 5.19. The summed E-state index contributed by atoms with van der Waals surface area (Å²) in [6, 6.07) is 4.42. The van der Waals surface area contributed by atoms with Gasteiger partial charge in [0.1, 0.15) is 0 Å². The van der Waals surface area contributed by atoms with Crippen molar-refractivity contribution in [2.75, 3.05) is 26.2 Å². The number of hydrogen-bond donors (Lipinski definition) is 1. The summed E-state index contributed by atoms with van der Waals surface area (Å²) in [6.07, 6.45) is 0. The zero-order valence-electron chi connectivity index (χ0n) is 9.63. The molecular weight excluding hydrogens is 222 g/mol. The molecule has 2 atom stereocenters. The van der Waals surface area contributed by atoms with Crippen LogP contribution in [0.3, 0.4) is 0 Å². The molecule has 2 heterocycles. The van der Waals surface area contributed by atoms with Gasteiger partial charge in [0.05, 0.1) is 0 Å². The minimum Gasteiger partial charge on any atom is -0.316 e. The average molecular weight is 238 g/mol. The lowest BCUT2D eigenvalue weighted by Gasteiger charge is -2.17. The number of nitrogens with zero attached hydrogens (tertiary/aromatic N) is 1. The number of fused-ring (bicyclic) bond motifs is 1. The minimum atomic E-state index is -0.747. The van der Waals surface area contributed by atoms with E-state index in [4.69, 9.17) is 0 Å². The Morgan fingerprint density at radius 3 is 2.59 bits per heavy atom. The maximum atomic E-state index is 13.5. The van der Waals surface area contributed by atoms with E-state index in [1.165, 1.54) is 6.07 Å². The predicted molar refractivity (Wildman–Crippen MR) is 61.5 cm³/mol. The SMILES string of the molecule is Fc1cccc(CN2CC3CNCC3C2)c1F. The molecule has 0 aromatic heterocycles. The minimum absolute atomic E-state index is 0.470. The van der Waals surface area contributed by atoms with Gasteiger partial charge in [-0.25, -0.2) is 8.78 Å². The summed E-state index contributed by atoms with van der Waals surface area (Å²) in [5.74, 6) is -0.0653. The molecule has 2 aliphatic rings. The van der Waals surface area contributed by atoms with Crippen LogP contribution in [0.5, 0.6) is 0 Å². The van der Waals surface area contributed by atoms with Gasteiger partial charge in [0.25, 0.3) is 0 Å². The lowest BCUT2D eigenvalue weighted by atomic mass is 10.0. The van der Waals surface area contributed by atoms with Crippen LogP contribution >= 0.6 is 0 Å². The highest BCUT2D eigenvalue weighted by Crippen LogP contribution is 2.27. The summed E-state index contributed by atoms with van der Waals surface area (Å²) < 4.78 is 26.6. The zero-order chi connectivity index (χ0) is 11.8. The largest absolute Gasteiger partial charge is 0.316 e. The van der Waals surface area contributed by atoms with E-state index in [1.807, 2.05) is 0 Å². The van der Waals surface area contributed by atoms with Crippen molar-refractivity contribution < 1.29 is 8.78 Å². The zero-order valence-corrected chi connectivity index (χ0v) is 9.63. The fourth-order valence-electron chi connectivity index (χ4n) is 2.99. The van der Waals surface area contributed by atoms with Crippen LogP contribution in [0.4, 0.5) is 8.78 Å². The van der Waals surface area contributed by atoms with Crippen molar-refractivity contribution in [3.63, 3.8) is 0 Å². The first-order valence-electron chi connectivity index (χ1n) is 6.10. The van der Waals surface area contributed by atoms with Gasteiger partial charge < -0.3 is 5.32 Å². The van der Waals surface area contributed by atoms with E-state index in [0.717, 1.165) is 26.2 Å². The van der Waals surface area contributed by atoms with Crippen LogP contribution in [0.1, 0.15) is 5.56 Å². The number of hydrogen-bond acceptors (Lipinski definition) is 2. The molecule has 2 nitrogen and oxygen atoms in total. The Labute approximate surface area is 99.6 Å². The van der Waals surface area contributed by atoms with E-state index in [2.05, 4.69) is 10.2 Å². The van der Waals surface area contributed by atoms with Crippen molar-refractivity contribution in [2.24, 2.45) is 11.8 Å². The van der Waals surface area contributed by atoms with Crippen molar-refractivity contribution in [1.82, 2.24) is 10.2 Å². The molecule has 17 heavy (non-hydrogen) atoms. The van der Waals surface area contributed by atoms with Crippen molar-refractivity contribution in [2.45, 2.75) is 6.54 Å². The Kier molecular flexibility index (Phi) is 2.84. The van der Waals surface area contributed by atoms with E-state index >= 15 is 0 Å². The standard InChI is InChI=1S/C13H16F2N2/c14-12-3-1-2-9(13(12)15)6-17-7-10-4-16-5-11(10)8-17/h1-3,10-11,16H,4-8H2. The maximum absolute atomic E-state index is 13.5. The first-order chi connectivity index (χ1) is 8.24. The Bertz CT molecular complexity index is 410. The molecule has 0 bridgehead atoms. The van der Waals surface area contributed by atoms with E-state index < -0.39 is 11.6 Å². The van der Waals surface area contributed by atoms with Gasteiger partial charge in [-0.2, -0.15) is 0 Å². The second kappa shape index (κ2) is 4.35. The number of rotatable bonds is 2. The number of halogens is 2. The molecule has 1 aromatic rings. The monoisotopic (exact) mass is 238 g/mol. The maximum Gasteiger partial charge on any atom is 0.163 e. The van der Waals surface area contributed by atoms with Crippen molar-refractivity contribution in [3.8, 4) is 0 Å². The van der Waals surface area contributed by atoms with Gasteiger partial charge in [-0.15, -0.1) is 0 Å². The Balaban J connectivity index is 1.70. The summed E-state index contributed by atoms with van der Waals surface area (Å²) in [6.45, 7) is 4.64. The first-order valence-corrected chi connectivity index (χ1v) is 6.10. The summed E-state index contributed by atoms with van der Waals surface area (Å²) in [7, 11) is 0. The smallest absolute Gasteiger partial charge is 0.163 e. The van der Waals surface area contributed by atoms with Gasteiger partial charge in [-0.3, -0.25) is 4.90 Å². The van der Waals surface area contributed by atoms with Crippen LogP contribution in [0.2, 0.25) is 0 Å². The molecule has 4 heteroatoms. The fraction of sp³-hybridized carbons (Fsp3) is 0.538. The molecule has 0 spiro atoms. The van der Waals surface area contributed by atoms with Gasteiger partial charge in [0.2, 0.25) is 0 Å². The topological polar surface area (TPSA) is 15.3 Å². The van der Waals surface area contributed by atoms with Gasteiger partial charge in [-0.1, -0.05) is 12.1 Å². The molecule has 1 N–H and O–H groups in total. The molecule has 1 aromatic carbocycles. The Hall–Kier alpha value is -1.00. The van der Waals surface area contributed by atoms with Gasteiger partial charge in [-0.05, 0) is 31.0 Å². The summed E-state index contributed by atoms with van der Waals surface area (Å²) >= 11 is 0. The van der Waals surface area contributed by atoms with Crippen LogP contribution in [-0.2, 0) is 6.54 Å². The van der Waals surface area contributed by atoms with Crippen molar-refractivity contribution in [3.05, 3.63) is 35.4 Å². The summed E-state index contributed by atoms with van der Waals surface area (Å²) in [5.41, 5.74) is 0.470. The van der Waals surface area contributed by atoms with Crippen LogP contribution in [0, 0.1) is 23.5 Å². The lowest BCUT2D eigenvalue weighted by Crippen LogP contribution is -2.25. The Morgan fingerprint density at radius 2 is 1.88 bits per heavy atom. The molecule has 0 aliphatic carbocycles. The molecule has 0 amide bonds. The molecule has 2 unspecified atom stereocenters. The molecule has 2 aliphatic heterocycles. The van der Waals surface area contributed by atoms with Crippen LogP contribution in [0.15, 0.2) is 18.2 Å². The normalized spacial score (nSPS) is 28.6. The summed E-state index contributed by atoms with van der Waals surface area (Å²) in [5, 5.41) is 3.37. The molecule has 0 radical (unpaired) electrons. The Morgan fingerprint density at radius 1 is 1.18 bits per heavy atom. The number of nitrogens with one attached hydrogen (secondary N) is 1. The number of likely N-dealkylation sites (tertiary alicyclic amines) is 1. The third kappa shape index (κ3) is 2.07. The summed E-state index contributed by atoms with van der Waals surface area (Å²) in [4.78, 5) is 2.23. The van der Waals surface area contributed by atoms with Gasteiger partial charge in [0, 0.05) is 25.2 Å². The number of benzene rings is 1. The lowest BCUT2D eigenvalue weighted by molar-refractivity contribution is 0.299. The highest BCUT2D eigenvalue weighted by Gasteiger charge is 2.36. The van der Waals surface area contributed by atoms with Crippen molar-refractivity contribution >= 4 is 0 Å². The average Bonchev–Trinajstić information content (AvgIpc) is 2.85. The molecule has 2 saturated heterocycles. The first kappa shape index (κ1) is 11.1. The van der Waals surface area contributed by atoms with E-state index in [0.29, 0.717) is 23.9 Å². The molecule has 0 saturated carbocycles. The fourth-order valence-corrected chi connectivity index (χ4v) is 2.99. The van der Waals surface area contributed by atoms with Gasteiger partial charge in [0.15, 0.2) is 11.6 Å². The second-order valence-corrected chi connectivity index (χ2v) is 5.09. The molecular formula is C13H16F2N2. The quantitative estimate of drug-likeness (QED) is 0.842. The third-order valence-electron chi connectivity index (χ3n) is 3.89. The van der Waals surface area contributed by atoms with E-state index in [1.54, 1.807) is 12.1 Å². The molecule has 2 fully saturated rings. The van der Waals surface area contributed by atoms with Crippen molar-refractivity contribution in [1.29, 1.82) is 0 Å². The second-order valence-electron chi connectivity index (χ2n) is 5.09. The van der Waals surface area contributed by atoms with Crippen LogP contribution in [-0.4, -0.2) is 31.1 Å². The highest BCUT2D eigenvalue weighted by atomic mass is 19.2. The van der Waals surface area contributed by atoms with Gasteiger partial charge >= 0.3 is 0 Å². The third-order valence-corrected chi connectivity index (χ3v) is 3.89. The van der Waals surface area contributed by atoms with E-state index in [-0.39, 0.29) is 0 Å². The molecule has 92 valence electrons. The van der Waals surface area contributed by atoms with Crippen LogP contribution in [0.25, 0.3) is 0 Å². The van der Waals surface area contributed by atoms with Crippen LogP contribution < -0.4 is 5.32 Å².